The van der Waals surface area contributed by atoms with Crippen LogP contribution in [0.2, 0.25) is 0 Å². The van der Waals surface area contributed by atoms with E-state index in [1.54, 1.807) is 0 Å². The van der Waals surface area contributed by atoms with Crippen molar-refractivity contribution in [2.75, 3.05) is 32.8 Å². The molecule has 0 radical (unpaired) electrons. The van der Waals surface area contributed by atoms with E-state index in [1.165, 1.54) is 58.3 Å². The lowest BCUT2D eigenvalue weighted by atomic mass is 9.82. The van der Waals surface area contributed by atoms with Gasteiger partial charge < -0.3 is 10.4 Å². The first kappa shape index (κ1) is 11.0. The number of aliphatic hydroxyl groups excluding tert-OH is 1. The highest BCUT2D eigenvalue weighted by Gasteiger charge is 2.50. The van der Waals surface area contributed by atoms with Crippen LogP contribution >= 0.6 is 0 Å². The molecule has 0 bridgehead atoms. The normalized spacial score (nSPS) is 41.4. The van der Waals surface area contributed by atoms with E-state index < -0.39 is 0 Å². The van der Waals surface area contributed by atoms with Gasteiger partial charge in [0.25, 0.3) is 0 Å². The lowest BCUT2D eigenvalue weighted by Crippen LogP contribution is -2.43. The largest absolute Gasteiger partial charge is 0.396 e. The van der Waals surface area contributed by atoms with E-state index in [2.05, 4.69) is 10.2 Å². The maximum Gasteiger partial charge on any atom is 0.0502 e. The molecule has 3 rings (SSSR count). The van der Waals surface area contributed by atoms with Gasteiger partial charge >= 0.3 is 0 Å². The second kappa shape index (κ2) is 4.28. The van der Waals surface area contributed by atoms with E-state index in [9.17, 15) is 5.11 Å². The highest BCUT2D eigenvalue weighted by molar-refractivity contribution is 5.02. The summed E-state index contributed by atoms with van der Waals surface area (Å²) in [6.07, 6.45) is 6.55. The highest BCUT2D eigenvalue weighted by Crippen LogP contribution is 2.49. The van der Waals surface area contributed by atoms with Gasteiger partial charge in [0.15, 0.2) is 0 Å². The Labute approximate surface area is 98.2 Å². The first-order valence-electron chi connectivity index (χ1n) is 6.90. The Bertz CT molecular complexity index is 252. The minimum atomic E-state index is 0.283. The van der Waals surface area contributed by atoms with Crippen molar-refractivity contribution in [1.82, 2.24) is 10.2 Å². The molecule has 3 nitrogen and oxygen atoms in total. The second-order valence-corrected chi connectivity index (χ2v) is 6.02. The molecule has 16 heavy (non-hydrogen) atoms. The van der Waals surface area contributed by atoms with Crippen LogP contribution in [-0.2, 0) is 0 Å². The van der Waals surface area contributed by atoms with Crippen LogP contribution in [0.3, 0.4) is 0 Å². The van der Waals surface area contributed by atoms with Crippen LogP contribution in [0.5, 0.6) is 0 Å². The highest BCUT2D eigenvalue weighted by atomic mass is 16.3. The Morgan fingerprint density at radius 2 is 2.06 bits per heavy atom. The Kier molecular flexibility index (Phi) is 2.94. The van der Waals surface area contributed by atoms with Crippen LogP contribution in [-0.4, -0.2) is 48.8 Å². The molecular weight excluding hydrogens is 200 g/mol. The van der Waals surface area contributed by atoms with E-state index in [0.717, 1.165) is 12.0 Å². The van der Waals surface area contributed by atoms with Crippen molar-refractivity contribution in [2.45, 2.75) is 38.1 Å². The van der Waals surface area contributed by atoms with Crippen LogP contribution in [0.25, 0.3) is 0 Å². The van der Waals surface area contributed by atoms with Crippen molar-refractivity contribution < 1.29 is 5.11 Å². The van der Waals surface area contributed by atoms with Crippen molar-refractivity contribution >= 4 is 0 Å². The lowest BCUT2D eigenvalue weighted by Gasteiger charge is -2.33. The number of hydrogen-bond acceptors (Lipinski definition) is 3. The third kappa shape index (κ3) is 1.69. The van der Waals surface area contributed by atoms with E-state index in [-0.39, 0.29) is 5.41 Å². The molecule has 1 saturated carbocycles. The summed E-state index contributed by atoms with van der Waals surface area (Å²) in [5, 5.41) is 13.1. The van der Waals surface area contributed by atoms with Gasteiger partial charge in [-0.25, -0.2) is 0 Å². The Hall–Kier alpha value is -0.120. The summed E-state index contributed by atoms with van der Waals surface area (Å²) in [7, 11) is 0. The van der Waals surface area contributed by atoms with Crippen molar-refractivity contribution in [3.8, 4) is 0 Å². The number of piperidine rings is 1. The van der Waals surface area contributed by atoms with Gasteiger partial charge in [0.05, 0.1) is 6.61 Å². The zero-order valence-corrected chi connectivity index (χ0v) is 10.1. The summed E-state index contributed by atoms with van der Waals surface area (Å²) >= 11 is 0. The Morgan fingerprint density at radius 3 is 2.75 bits per heavy atom. The molecule has 1 aliphatic carbocycles. The average molecular weight is 224 g/mol. The SMILES string of the molecule is OC[C@]12CCC[C@H]1CN(C1CCNCC1)C2. The van der Waals surface area contributed by atoms with E-state index in [4.69, 9.17) is 0 Å². The summed E-state index contributed by atoms with van der Waals surface area (Å²) in [4.78, 5) is 2.68. The molecule has 2 aliphatic heterocycles. The zero-order chi connectivity index (χ0) is 11.0. The molecule has 3 aliphatic rings. The fourth-order valence-electron chi connectivity index (χ4n) is 4.16. The topological polar surface area (TPSA) is 35.5 Å². The van der Waals surface area contributed by atoms with Gasteiger partial charge in [0.1, 0.15) is 0 Å². The molecule has 0 spiro atoms. The van der Waals surface area contributed by atoms with Crippen molar-refractivity contribution in [2.24, 2.45) is 11.3 Å². The Morgan fingerprint density at radius 1 is 1.25 bits per heavy atom. The van der Waals surface area contributed by atoms with Crippen LogP contribution < -0.4 is 5.32 Å². The number of hydrogen-bond donors (Lipinski definition) is 2. The van der Waals surface area contributed by atoms with Gasteiger partial charge in [0, 0.05) is 24.5 Å². The molecule has 92 valence electrons. The van der Waals surface area contributed by atoms with Crippen LogP contribution in [0, 0.1) is 11.3 Å². The quantitative estimate of drug-likeness (QED) is 0.729. The van der Waals surface area contributed by atoms with E-state index in [0.29, 0.717) is 6.61 Å². The van der Waals surface area contributed by atoms with Crippen molar-refractivity contribution in [1.29, 1.82) is 0 Å². The van der Waals surface area contributed by atoms with Gasteiger partial charge in [0.2, 0.25) is 0 Å². The van der Waals surface area contributed by atoms with Gasteiger partial charge in [-0.2, -0.15) is 0 Å². The molecule has 0 unspecified atom stereocenters. The van der Waals surface area contributed by atoms with Gasteiger partial charge in [-0.1, -0.05) is 6.42 Å². The molecule has 0 aromatic rings. The summed E-state index contributed by atoms with van der Waals surface area (Å²) in [6.45, 7) is 5.19. The first-order valence-corrected chi connectivity index (χ1v) is 6.90. The van der Waals surface area contributed by atoms with E-state index in [1.807, 2.05) is 0 Å². The summed E-state index contributed by atoms with van der Waals surface area (Å²) in [5.74, 6) is 0.785. The summed E-state index contributed by atoms with van der Waals surface area (Å²) in [5.41, 5.74) is 0.283. The minimum absolute atomic E-state index is 0.283. The number of aliphatic hydroxyl groups is 1. The average Bonchev–Trinajstić information content (AvgIpc) is 2.86. The molecule has 3 fully saturated rings. The number of nitrogens with zero attached hydrogens (tertiary/aromatic N) is 1. The number of rotatable bonds is 2. The molecule has 0 aromatic heterocycles. The predicted octanol–water partition coefficient (Wildman–Crippen LogP) is 0.833. The molecule has 2 atom stereocenters. The number of fused-ring (bicyclic) bond motifs is 1. The molecule has 0 aromatic carbocycles. The smallest absolute Gasteiger partial charge is 0.0502 e. The minimum Gasteiger partial charge on any atom is -0.396 e. The van der Waals surface area contributed by atoms with Crippen LogP contribution in [0.1, 0.15) is 32.1 Å². The molecule has 2 N–H and O–H groups in total. The predicted molar refractivity (Wildman–Crippen MR) is 64.3 cm³/mol. The van der Waals surface area contributed by atoms with Crippen LogP contribution in [0.4, 0.5) is 0 Å². The zero-order valence-electron chi connectivity index (χ0n) is 10.1. The van der Waals surface area contributed by atoms with Gasteiger partial charge in [-0.15, -0.1) is 0 Å². The summed E-state index contributed by atoms with van der Waals surface area (Å²) < 4.78 is 0. The fraction of sp³-hybridized carbons (Fsp3) is 1.00. The monoisotopic (exact) mass is 224 g/mol. The lowest BCUT2D eigenvalue weighted by molar-refractivity contribution is 0.101. The van der Waals surface area contributed by atoms with Crippen LogP contribution in [0.15, 0.2) is 0 Å². The molecule has 2 saturated heterocycles. The van der Waals surface area contributed by atoms with E-state index >= 15 is 0 Å². The number of nitrogens with one attached hydrogen (secondary N) is 1. The van der Waals surface area contributed by atoms with Crippen molar-refractivity contribution in [3.05, 3.63) is 0 Å². The molecule has 3 heteroatoms. The first-order chi connectivity index (χ1) is 7.84. The maximum absolute atomic E-state index is 9.70. The third-order valence-electron chi connectivity index (χ3n) is 5.21. The van der Waals surface area contributed by atoms with Gasteiger partial charge in [-0.05, 0) is 44.7 Å². The second-order valence-electron chi connectivity index (χ2n) is 6.02. The van der Waals surface area contributed by atoms with Crippen molar-refractivity contribution in [3.63, 3.8) is 0 Å². The standard InChI is InChI=1S/C13H24N2O/c16-10-13-5-1-2-11(13)8-15(9-13)12-3-6-14-7-4-12/h11-12,14,16H,1-10H2/t11-,13+/m0/s1. The third-order valence-corrected chi connectivity index (χ3v) is 5.21. The number of likely N-dealkylation sites (tertiary alicyclic amines) is 1. The van der Waals surface area contributed by atoms with Gasteiger partial charge in [-0.3, -0.25) is 4.90 Å². The maximum atomic E-state index is 9.70. The molecule has 2 heterocycles. The molecule has 0 amide bonds. The fourth-order valence-corrected chi connectivity index (χ4v) is 4.16. The summed E-state index contributed by atoms with van der Waals surface area (Å²) in [6, 6.07) is 0.787. The molecular formula is C13H24N2O. The Balaban J connectivity index is 1.67.